The number of methoxy groups -OCH3 is 1. The highest BCUT2D eigenvalue weighted by atomic mass is 16.6. The van der Waals surface area contributed by atoms with Gasteiger partial charge in [0.1, 0.15) is 19.3 Å². The lowest BCUT2D eigenvalue weighted by atomic mass is 10.1. The first kappa shape index (κ1) is 19.9. The molecule has 2 unspecified atom stereocenters. The Kier molecular flexibility index (Phi) is 6.35. The van der Waals surface area contributed by atoms with Crippen LogP contribution in [-0.2, 0) is 19.1 Å². The van der Waals surface area contributed by atoms with Crippen LogP contribution in [0.2, 0.25) is 0 Å². The minimum Gasteiger partial charge on any atom is -0.486 e. The van der Waals surface area contributed by atoms with E-state index in [1.165, 1.54) is 0 Å². The molecule has 2 heterocycles. The van der Waals surface area contributed by atoms with Crippen molar-refractivity contribution in [3.8, 4) is 11.5 Å². The monoisotopic (exact) mass is 391 g/mol. The van der Waals surface area contributed by atoms with Crippen LogP contribution in [-0.4, -0.2) is 63.8 Å². The standard InChI is InChI=1S/C19H25N3O6/c1-12(18(24)20-5-6-26-2)21-19(25)13-9-17(23)22(11-13)14-3-4-15-16(10-14)28-8-7-27-15/h3-4,10,12-13H,5-9,11H2,1-2H3,(H,20,24)(H,21,25). The zero-order valence-electron chi connectivity index (χ0n) is 16.0. The van der Waals surface area contributed by atoms with Crippen LogP contribution < -0.4 is 25.0 Å². The number of carbonyl (C=O) groups is 3. The number of fused-ring (bicyclic) bond motifs is 1. The molecular formula is C19H25N3O6. The summed E-state index contributed by atoms with van der Waals surface area (Å²) in [6.45, 7) is 3.58. The zero-order valence-corrected chi connectivity index (χ0v) is 16.0. The minimum absolute atomic E-state index is 0.0955. The molecule has 2 atom stereocenters. The summed E-state index contributed by atoms with van der Waals surface area (Å²) in [6.07, 6.45) is 0.0955. The topological polar surface area (TPSA) is 106 Å². The van der Waals surface area contributed by atoms with Gasteiger partial charge in [0.15, 0.2) is 11.5 Å². The maximum Gasteiger partial charge on any atom is 0.242 e. The summed E-state index contributed by atoms with van der Waals surface area (Å²) < 4.78 is 15.9. The molecule has 0 aromatic heterocycles. The smallest absolute Gasteiger partial charge is 0.242 e. The van der Waals surface area contributed by atoms with Crippen LogP contribution in [0, 0.1) is 5.92 Å². The number of ether oxygens (including phenoxy) is 3. The van der Waals surface area contributed by atoms with E-state index in [0.29, 0.717) is 43.6 Å². The summed E-state index contributed by atoms with van der Waals surface area (Å²) in [5, 5.41) is 5.35. The molecule has 3 rings (SSSR count). The van der Waals surface area contributed by atoms with Crippen LogP contribution in [0.25, 0.3) is 0 Å². The summed E-state index contributed by atoms with van der Waals surface area (Å²) in [4.78, 5) is 38.5. The summed E-state index contributed by atoms with van der Waals surface area (Å²) in [7, 11) is 1.54. The number of anilines is 1. The third-order valence-electron chi connectivity index (χ3n) is 4.69. The molecule has 9 nitrogen and oxygen atoms in total. The average Bonchev–Trinajstić information content (AvgIpc) is 3.09. The van der Waals surface area contributed by atoms with Crippen molar-refractivity contribution >= 4 is 23.4 Å². The number of hydrogen-bond donors (Lipinski definition) is 2. The van der Waals surface area contributed by atoms with Gasteiger partial charge in [-0.15, -0.1) is 0 Å². The molecule has 0 spiro atoms. The van der Waals surface area contributed by atoms with Crippen molar-refractivity contribution in [2.24, 2.45) is 5.92 Å². The van der Waals surface area contributed by atoms with E-state index >= 15 is 0 Å². The number of rotatable bonds is 7. The molecule has 3 amide bonds. The van der Waals surface area contributed by atoms with E-state index < -0.39 is 12.0 Å². The number of carbonyl (C=O) groups excluding carboxylic acids is 3. The largest absolute Gasteiger partial charge is 0.486 e. The second kappa shape index (κ2) is 8.92. The molecule has 0 saturated carbocycles. The van der Waals surface area contributed by atoms with Gasteiger partial charge in [0.2, 0.25) is 17.7 Å². The van der Waals surface area contributed by atoms with Crippen molar-refractivity contribution in [1.82, 2.24) is 10.6 Å². The van der Waals surface area contributed by atoms with Crippen LogP contribution >= 0.6 is 0 Å². The molecule has 0 bridgehead atoms. The van der Waals surface area contributed by atoms with Gasteiger partial charge >= 0.3 is 0 Å². The third-order valence-corrected chi connectivity index (χ3v) is 4.69. The van der Waals surface area contributed by atoms with E-state index in [0.717, 1.165) is 0 Å². The molecule has 2 aliphatic rings. The van der Waals surface area contributed by atoms with Gasteiger partial charge < -0.3 is 29.7 Å². The fourth-order valence-electron chi connectivity index (χ4n) is 3.16. The SMILES string of the molecule is COCCNC(=O)C(C)NC(=O)C1CC(=O)N(c2ccc3c(c2)OCCO3)C1. The van der Waals surface area contributed by atoms with Crippen LogP contribution in [0.5, 0.6) is 11.5 Å². The molecular weight excluding hydrogens is 366 g/mol. The van der Waals surface area contributed by atoms with Gasteiger partial charge in [-0.3, -0.25) is 14.4 Å². The van der Waals surface area contributed by atoms with Crippen molar-refractivity contribution in [3.63, 3.8) is 0 Å². The van der Waals surface area contributed by atoms with Crippen molar-refractivity contribution < 1.29 is 28.6 Å². The van der Waals surface area contributed by atoms with Crippen LogP contribution in [0.1, 0.15) is 13.3 Å². The molecule has 0 radical (unpaired) electrons. The predicted octanol–water partition coefficient (Wildman–Crippen LogP) is 0.0780. The molecule has 1 fully saturated rings. The Morgan fingerprint density at radius 1 is 1.29 bits per heavy atom. The molecule has 0 aliphatic carbocycles. The van der Waals surface area contributed by atoms with Gasteiger partial charge in [-0.25, -0.2) is 0 Å². The van der Waals surface area contributed by atoms with Gasteiger partial charge in [-0.05, 0) is 19.1 Å². The zero-order chi connectivity index (χ0) is 20.1. The summed E-state index contributed by atoms with van der Waals surface area (Å²) in [5.74, 6) is -0.0415. The Labute approximate surface area is 163 Å². The van der Waals surface area contributed by atoms with Crippen molar-refractivity contribution in [2.45, 2.75) is 19.4 Å². The summed E-state index contributed by atoms with van der Waals surface area (Å²) in [6, 6.07) is 4.59. The van der Waals surface area contributed by atoms with Crippen LogP contribution in [0.3, 0.4) is 0 Å². The molecule has 2 aliphatic heterocycles. The van der Waals surface area contributed by atoms with Crippen molar-refractivity contribution in [1.29, 1.82) is 0 Å². The number of nitrogens with one attached hydrogen (secondary N) is 2. The quantitative estimate of drug-likeness (QED) is 0.638. The molecule has 9 heteroatoms. The molecule has 28 heavy (non-hydrogen) atoms. The Morgan fingerprint density at radius 3 is 2.79 bits per heavy atom. The highest BCUT2D eigenvalue weighted by Crippen LogP contribution is 2.35. The van der Waals surface area contributed by atoms with Gasteiger partial charge in [-0.2, -0.15) is 0 Å². The first-order valence-corrected chi connectivity index (χ1v) is 9.26. The molecule has 1 aromatic carbocycles. The van der Waals surface area contributed by atoms with E-state index in [4.69, 9.17) is 14.2 Å². The lowest BCUT2D eigenvalue weighted by molar-refractivity contribution is -0.131. The van der Waals surface area contributed by atoms with E-state index in [2.05, 4.69) is 10.6 Å². The predicted molar refractivity (Wildman–Crippen MR) is 100 cm³/mol. The Balaban J connectivity index is 1.58. The second-order valence-corrected chi connectivity index (χ2v) is 6.75. The van der Waals surface area contributed by atoms with Gasteiger partial charge in [0, 0.05) is 38.4 Å². The maximum atomic E-state index is 12.5. The first-order chi connectivity index (χ1) is 13.5. The highest BCUT2D eigenvalue weighted by molar-refractivity contribution is 6.01. The molecule has 2 N–H and O–H groups in total. The first-order valence-electron chi connectivity index (χ1n) is 9.26. The third kappa shape index (κ3) is 4.53. The summed E-state index contributed by atoms with van der Waals surface area (Å²) >= 11 is 0. The second-order valence-electron chi connectivity index (χ2n) is 6.75. The summed E-state index contributed by atoms with van der Waals surface area (Å²) in [5.41, 5.74) is 0.662. The van der Waals surface area contributed by atoms with E-state index in [1.54, 1.807) is 37.1 Å². The maximum absolute atomic E-state index is 12.5. The van der Waals surface area contributed by atoms with Crippen molar-refractivity contribution in [2.75, 3.05) is 44.9 Å². The minimum atomic E-state index is -0.692. The highest BCUT2D eigenvalue weighted by Gasteiger charge is 2.36. The Hall–Kier alpha value is -2.81. The van der Waals surface area contributed by atoms with Crippen molar-refractivity contribution in [3.05, 3.63) is 18.2 Å². The van der Waals surface area contributed by atoms with Gasteiger partial charge in [0.25, 0.3) is 0 Å². The fourth-order valence-corrected chi connectivity index (χ4v) is 3.16. The fraction of sp³-hybridized carbons (Fsp3) is 0.526. The molecule has 1 aromatic rings. The molecule has 1 saturated heterocycles. The van der Waals surface area contributed by atoms with Gasteiger partial charge in [-0.1, -0.05) is 0 Å². The number of amides is 3. The Bertz CT molecular complexity index is 753. The lowest BCUT2D eigenvalue weighted by Gasteiger charge is -2.22. The normalized spacial score (nSPS) is 19.3. The van der Waals surface area contributed by atoms with Crippen LogP contribution in [0.4, 0.5) is 5.69 Å². The van der Waals surface area contributed by atoms with Crippen LogP contribution in [0.15, 0.2) is 18.2 Å². The van der Waals surface area contributed by atoms with E-state index in [-0.39, 0.29) is 30.7 Å². The number of benzene rings is 1. The molecule has 152 valence electrons. The number of nitrogens with zero attached hydrogens (tertiary/aromatic N) is 1. The van der Waals surface area contributed by atoms with E-state index in [9.17, 15) is 14.4 Å². The number of hydrogen-bond acceptors (Lipinski definition) is 6. The van der Waals surface area contributed by atoms with E-state index in [1.807, 2.05) is 0 Å². The average molecular weight is 391 g/mol. The Morgan fingerprint density at radius 2 is 2.04 bits per heavy atom. The lowest BCUT2D eigenvalue weighted by Crippen LogP contribution is -2.47. The van der Waals surface area contributed by atoms with Gasteiger partial charge in [0.05, 0.1) is 12.5 Å².